The summed E-state index contributed by atoms with van der Waals surface area (Å²) < 4.78 is 15.5. The van der Waals surface area contributed by atoms with E-state index in [1.807, 2.05) is 12.1 Å². The Hall–Kier alpha value is -2.22. The van der Waals surface area contributed by atoms with Gasteiger partial charge in [0.15, 0.2) is 5.82 Å². The van der Waals surface area contributed by atoms with Crippen LogP contribution in [-0.4, -0.2) is 47.2 Å². The Morgan fingerprint density at radius 2 is 2.13 bits per heavy atom. The van der Waals surface area contributed by atoms with Gasteiger partial charge in [-0.2, -0.15) is 0 Å². The zero-order valence-electron chi connectivity index (χ0n) is 13.5. The van der Waals surface area contributed by atoms with Crippen LogP contribution in [0.3, 0.4) is 0 Å². The first-order valence-corrected chi connectivity index (χ1v) is 7.95. The lowest BCUT2D eigenvalue weighted by molar-refractivity contribution is -0.142. The average molecular weight is 337 g/mol. The quantitative estimate of drug-likeness (QED) is 0.613. The smallest absolute Gasteiger partial charge is 0.319 e. The molecule has 0 spiro atoms. The van der Waals surface area contributed by atoms with Crippen LogP contribution in [0.4, 0.5) is 0 Å². The standard InChI is InChI=1S/C15H19N3O4S/c1-5-22-14(19)9(2)23-15-16-13(17-18-15)11-7-6-10(20-3)8-12(11)21-4/h6-9H,5H2,1-4H3,(H,16,17,18)/t9-/m1/s1. The van der Waals surface area contributed by atoms with Gasteiger partial charge < -0.3 is 14.2 Å². The van der Waals surface area contributed by atoms with Gasteiger partial charge in [-0.15, -0.1) is 5.10 Å². The Morgan fingerprint density at radius 3 is 2.78 bits per heavy atom. The van der Waals surface area contributed by atoms with Gasteiger partial charge in [-0.1, -0.05) is 11.8 Å². The highest BCUT2D eigenvalue weighted by Gasteiger charge is 2.19. The zero-order valence-corrected chi connectivity index (χ0v) is 14.3. The topological polar surface area (TPSA) is 86.3 Å². The molecule has 0 radical (unpaired) electrons. The average Bonchev–Trinajstić information content (AvgIpc) is 3.02. The Labute approximate surface area is 138 Å². The van der Waals surface area contributed by atoms with Gasteiger partial charge in [-0.3, -0.25) is 9.89 Å². The number of hydrogen-bond donors (Lipinski definition) is 1. The second kappa shape index (κ2) is 7.87. The third kappa shape index (κ3) is 4.16. The van der Waals surface area contributed by atoms with Crippen molar-refractivity contribution < 1.29 is 19.0 Å². The van der Waals surface area contributed by atoms with Crippen molar-refractivity contribution in [1.29, 1.82) is 0 Å². The predicted molar refractivity (Wildman–Crippen MR) is 86.9 cm³/mol. The summed E-state index contributed by atoms with van der Waals surface area (Å²) in [7, 11) is 3.17. The van der Waals surface area contributed by atoms with Gasteiger partial charge in [-0.05, 0) is 26.0 Å². The van der Waals surface area contributed by atoms with Crippen molar-refractivity contribution in [1.82, 2.24) is 15.2 Å². The lowest BCUT2D eigenvalue weighted by atomic mass is 10.2. The van der Waals surface area contributed by atoms with E-state index in [1.165, 1.54) is 11.8 Å². The molecule has 7 nitrogen and oxygen atoms in total. The number of benzene rings is 1. The van der Waals surface area contributed by atoms with Crippen LogP contribution < -0.4 is 9.47 Å². The Kier molecular flexibility index (Phi) is 5.86. The van der Waals surface area contributed by atoms with Crippen LogP contribution in [0.2, 0.25) is 0 Å². The first kappa shape index (κ1) is 17.1. The fraction of sp³-hybridized carbons (Fsp3) is 0.400. The maximum absolute atomic E-state index is 11.7. The molecular weight excluding hydrogens is 318 g/mol. The Bertz CT molecular complexity index is 674. The Balaban J connectivity index is 2.17. The van der Waals surface area contributed by atoms with Crippen molar-refractivity contribution in [2.45, 2.75) is 24.3 Å². The molecule has 2 rings (SSSR count). The maximum atomic E-state index is 11.7. The molecule has 2 aromatic rings. The molecule has 8 heteroatoms. The van der Waals surface area contributed by atoms with Crippen LogP contribution in [0.1, 0.15) is 13.8 Å². The largest absolute Gasteiger partial charge is 0.497 e. The van der Waals surface area contributed by atoms with E-state index in [1.54, 1.807) is 34.1 Å². The van der Waals surface area contributed by atoms with Gasteiger partial charge in [0, 0.05) is 6.07 Å². The fourth-order valence-corrected chi connectivity index (χ4v) is 2.60. The van der Waals surface area contributed by atoms with Crippen molar-refractivity contribution in [2.75, 3.05) is 20.8 Å². The maximum Gasteiger partial charge on any atom is 0.319 e. The molecule has 0 aliphatic rings. The number of nitrogens with one attached hydrogen (secondary N) is 1. The monoisotopic (exact) mass is 337 g/mol. The molecule has 0 fully saturated rings. The van der Waals surface area contributed by atoms with Gasteiger partial charge in [0.1, 0.15) is 16.7 Å². The van der Waals surface area contributed by atoms with Crippen LogP contribution >= 0.6 is 11.8 Å². The predicted octanol–water partition coefficient (Wildman–Crippen LogP) is 2.53. The van der Waals surface area contributed by atoms with Crippen molar-refractivity contribution in [3.8, 4) is 22.9 Å². The lowest BCUT2D eigenvalue weighted by Crippen LogP contribution is -2.16. The SMILES string of the molecule is CCOC(=O)[C@@H](C)Sc1n[nH]c(-c2ccc(OC)cc2OC)n1. The molecule has 124 valence electrons. The third-order valence-electron chi connectivity index (χ3n) is 3.03. The number of hydrogen-bond acceptors (Lipinski definition) is 7. The number of carbonyl (C=O) groups is 1. The van der Waals surface area contributed by atoms with E-state index in [0.29, 0.717) is 29.1 Å². The summed E-state index contributed by atoms with van der Waals surface area (Å²) in [6, 6.07) is 5.42. The highest BCUT2D eigenvalue weighted by molar-refractivity contribution is 8.00. The minimum Gasteiger partial charge on any atom is -0.497 e. The summed E-state index contributed by atoms with van der Waals surface area (Å²) >= 11 is 1.23. The normalized spacial score (nSPS) is 11.8. The van der Waals surface area contributed by atoms with Gasteiger partial charge in [0.05, 0.1) is 26.4 Å². The van der Waals surface area contributed by atoms with E-state index in [2.05, 4.69) is 15.2 Å². The highest BCUT2D eigenvalue weighted by atomic mass is 32.2. The molecule has 1 heterocycles. The number of thioether (sulfide) groups is 1. The number of aromatic nitrogens is 3. The summed E-state index contributed by atoms with van der Waals surface area (Å²) in [5.74, 6) is 1.58. The Morgan fingerprint density at radius 1 is 1.35 bits per heavy atom. The molecule has 1 N–H and O–H groups in total. The van der Waals surface area contributed by atoms with Crippen molar-refractivity contribution in [2.24, 2.45) is 0 Å². The summed E-state index contributed by atoms with van der Waals surface area (Å²) in [4.78, 5) is 16.0. The number of nitrogens with zero attached hydrogens (tertiary/aromatic N) is 2. The van der Waals surface area contributed by atoms with Crippen molar-refractivity contribution in [3.63, 3.8) is 0 Å². The van der Waals surface area contributed by atoms with Crippen LogP contribution in [0.5, 0.6) is 11.5 Å². The first-order chi connectivity index (χ1) is 11.1. The van der Waals surface area contributed by atoms with E-state index < -0.39 is 0 Å². The fourth-order valence-electron chi connectivity index (χ4n) is 1.88. The molecule has 1 atom stereocenters. The second-order valence-corrected chi connectivity index (χ2v) is 5.85. The van der Waals surface area contributed by atoms with Gasteiger partial charge in [0.25, 0.3) is 0 Å². The minimum atomic E-state index is -0.378. The molecule has 0 aliphatic carbocycles. The molecule has 23 heavy (non-hydrogen) atoms. The van der Waals surface area contributed by atoms with E-state index in [4.69, 9.17) is 14.2 Å². The van der Waals surface area contributed by atoms with Crippen LogP contribution in [0, 0.1) is 0 Å². The summed E-state index contributed by atoms with van der Waals surface area (Å²) in [6.45, 7) is 3.88. The number of ether oxygens (including phenoxy) is 3. The number of methoxy groups -OCH3 is 2. The molecular formula is C15H19N3O4S. The number of carbonyl (C=O) groups excluding carboxylic acids is 1. The molecule has 0 aliphatic heterocycles. The third-order valence-corrected chi connectivity index (χ3v) is 3.97. The van der Waals surface area contributed by atoms with E-state index in [0.717, 1.165) is 5.56 Å². The van der Waals surface area contributed by atoms with Gasteiger partial charge in [-0.25, -0.2) is 4.98 Å². The molecule has 0 unspecified atom stereocenters. The van der Waals surface area contributed by atoms with Crippen molar-refractivity contribution in [3.05, 3.63) is 18.2 Å². The molecule has 0 saturated heterocycles. The number of H-pyrrole nitrogens is 1. The molecule has 0 saturated carbocycles. The van der Waals surface area contributed by atoms with E-state index in [-0.39, 0.29) is 11.2 Å². The molecule has 1 aromatic heterocycles. The van der Waals surface area contributed by atoms with E-state index in [9.17, 15) is 4.79 Å². The molecule has 0 amide bonds. The van der Waals surface area contributed by atoms with Gasteiger partial charge in [0.2, 0.25) is 5.16 Å². The zero-order chi connectivity index (χ0) is 16.8. The van der Waals surface area contributed by atoms with Crippen LogP contribution in [0.25, 0.3) is 11.4 Å². The summed E-state index contributed by atoms with van der Waals surface area (Å²) in [5.41, 5.74) is 0.761. The second-order valence-electron chi connectivity index (χ2n) is 4.54. The van der Waals surface area contributed by atoms with E-state index >= 15 is 0 Å². The molecule has 1 aromatic carbocycles. The van der Waals surface area contributed by atoms with Crippen LogP contribution in [0.15, 0.2) is 23.4 Å². The highest BCUT2D eigenvalue weighted by Crippen LogP contribution is 2.32. The minimum absolute atomic E-state index is 0.286. The summed E-state index contributed by atoms with van der Waals surface area (Å²) in [6.07, 6.45) is 0. The van der Waals surface area contributed by atoms with Crippen molar-refractivity contribution >= 4 is 17.7 Å². The first-order valence-electron chi connectivity index (χ1n) is 7.07. The lowest BCUT2D eigenvalue weighted by Gasteiger charge is -2.08. The van der Waals surface area contributed by atoms with Crippen LogP contribution in [-0.2, 0) is 9.53 Å². The number of esters is 1. The number of rotatable bonds is 7. The summed E-state index contributed by atoms with van der Waals surface area (Å²) in [5, 5.41) is 7.07. The van der Waals surface area contributed by atoms with Gasteiger partial charge >= 0.3 is 5.97 Å². The number of aromatic amines is 1. The molecule has 0 bridgehead atoms.